The molecule has 0 aromatic carbocycles. The summed E-state index contributed by atoms with van der Waals surface area (Å²) in [5, 5.41) is 4.39. The molecule has 0 radical (unpaired) electrons. The number of halogens is 1. The zero-order valence-electron chi connectivity index (χ0n) is 9.34. The molecule has 0 spiro atoms. The van der Waals surface area contributed by atoms with Crippen molar-refractivity contribution < 1.29 is 0 Å². The van der Waals surface area contributed by atoms with Gasteiger partial charge in [-0.3, -0.25) is 4.90 Å². The first kappa shape index (κ1) is 11.4. The second-order valence-corrected chi connectivity index (χ2v) is 5.39. The van der Waals surface area contributed by atoms with Gasteiger partial charge >= 0.3 is 0 Å². The largest absolute Gasteiger partial charge is 0.314 e. The molecular weight excluding hydrogens is 208 g/mol. The number of nitrogens with zero attached hydrogens (tertiary/aromatic N) is 1. The molecule has 3 heteroatoms. The van der Waals surface area contributed by atoms with E-state index >= 15 is 0 Å². The van der Waals surface area contributed by atoms with E-state index in [1.807, 2.05) is 0 Å². The summed E-state index contributed by atoms with van der Waals surface area (Å²) in [4.78, 5) is 2.45. The van der Waals surface area contributed by atoms with Crippen molar-refractivity contribution in [1.29, 1.82) is 0 Å². The molecule has 0 aliphatic carbocycles. The van der Waals surface area contributed by atoms with Crippen LogP contribution in [0.25, 0.3) is 0 Å². The summed E-state index contributed by atoms with van der Waals surface area (Å²) in [6.45, 7) is 8.24. The second kappa shape index (κ2) is 5.33. The predicted octanol–water partition coefficient (Wildman–Crippen LogP) is 2.20. The van der Waals surface area contributed by atoms with Crippen LogP contribution in [0.2, 0.25) is 0 Å². The van der Waals surface area contributed by atoms with Crippen LogP contribution < -0.4 is 5.32 Å². The lowest BCUT2D eigenvalue weighted by Gasteiger charge is -2.35. The summed E-state index contributed by atoms with van der Waals surface area (Å²) < 4.78 is 0. The highest BCUT2D eigenvalue weighted by molar-refractivity contribution is 6.29. The van der Waals surface area contributed by atoms with Crippen molar-refractivity contribution >= 4 is 11.6 Å². The average molecular weight is 229 g/mol. The van der Waals surface area contributed by atoms with Crippen molar-refractivity contribution in [1.82, 2.24) is 10.2 Å². The van der Waals surface area contributed by atoms with Crippen LogP contribution in [0, 0.1) is 5.92 Å². The first-order chi connectivity index (χ1) is 7.25. The summed E-state index contributed by atoms with van der Waals surface area (Å²) in [5.74, 6) is 0.831. The minimum atomic E-state index is 0.761. The van der Waals surface area contributed by atoms with Crippen molar-refractivity contribution in [3.8, 4) is 0 Å². The van der Waals surface area contributed by atoms with Gasteiger partial charge in [0, 0.05) is 24.2 Å². The standard InChI is InChI=1S/C12H21ClN2/c1-10(13)8-15-7-3-4-11(9-15)12-5-2-6-14-12/h11-12,14H,1-9H2. The fraction of sp³-hybridized carbons (Fsp3) is 0.833. The molecule has 0 aromatic rings. The molecule has 2 rings (SSSR count). The van der Waals surface area contributed by atoms with Crippen LogP contribution in [0.15, 0.2) is 11.6 Å². The van der Waals surface area contributed by atoms with E-state index in [0.29, 0.717) is 0 Å². The zero-order valence-corrected chi connectivity index (χ0v) is 10.1. The minimum absolute atomic E-state index is 0.761. The van der Waals surface area contributed by atoms with Gasteiger partial charge in [0.1, 0.15) is 0 Å². The van der Waals surface area contributed by atoms with E-state index in [1.54, 1.807) is 0 Å². The number of likely N-dealkylation sites (tertiary alicyclic amines) is 1. The predicted molar refractivity (Wildman–Crippen MR) is 65.2 cm³/mol. The number of hydrogen-bond acceptors (Lipinski definition) is 2. The van der Waals surface area contributed by atoms with Gasteiger partial charge in [-0.1, -0.05) is 18.2 Å². The molecule has 2 heterocycles. The Hall–Kier alpha value is -0.0500. The fourth-order valence-corrected chi connectivity index (χ4v) is 3.09. The van der Waals surface area contributed by atoms with Crippen molar-refractivity contribution in [3.63, 3.8) is 0 Å². The Morgan fingerprint density at radius 2 is 2.27 bits per heavy atom. The molecule has 0 saturated carbocycles. The van der Waals surface area contributed by atoms with Gasteiger partial charge in [0.2, 0.25) is 0 Å². The molecule has 2 nitrogen and oxygen atoms in total. The lowest BCUT2D eigenvalue weighted by molar-refractivity contribution is 0.164. The van der Waals surface area contributed by atoms with Crippen molar-refractivity contribution in [3.05, 3.63) is 11.6 Å². The third-order valence-corrected chi connectivity index (χ3v) is 3.72. The van der Waals surface area contributed by atoms with Gasteiger partial charge in [-0.2, -0.15) is 0 Å². The first-order valence-corrected chi connectivity index (χ1v) is 6.42. The van der Waals surface area contributed by atoms with E-state index < -0.39 is 0 Å². The van der Waals surface area contributed by atoms with Crippen LogP contribution in [0.4, 0.5) is 0 Å². The summed E-state index contributed by atoms with van der Waals surface area (Å²) in [6.07, 6.45) is 5.40. The van der Waals surface area contributed by atoms with Gasteiger partial charge < -0.3 is 5.32 Å². The third-order valence-electron chi connectivity index (χ3n) is 3.60. The second-order valence-electron chi connectivity index (χ2n) is 4.86. The molecule has 2 aliphatic heterocycles. The molecule has 0 aromatic heterocycles. The SMILES string of the molecule is C=C(Cl)CN1CCCC(C2CCCN2)C1. The van der Waals surface area contributed by atoms with E-state index in [1.165, 1.54) is 45.3 Å². The van der Waals surface area contributed by atoms with Gasteiger partial charge in [-0.05, 0) is 44.7 Å². The molecule has 15 heavy (non-hydrogen) atoms. The first-order valence-electron chi connectivity index (χ1n) is 6.05. The molecule has 2 unspecified atom stereocenters. The topological polar surface area (TPSA) is 15.3 Å². The van der Waals surface area contributed by atoms with Gasteiger partial charge in [-0.15, -0.1) is 0 Å². The molecule has 2 aliphatic rings. The van der Waals surface area contributed by atoms with Gasteiger partial charge in [0.15, 0.2) is 0 Å². The van der Waals surface area contributed by atoms with Gasteiger partial charge in [-0.25, -0.2) is 0 Å². The lowest BCUT2D eigenvalue weighted by atomic mass is 9.90. The van der Waals surface area contributed by atoms with E-state index in [9.17, 15) is 0 Å². The van der Waals surface area contributed by atoms with Crippen LogP contribution in [-0.2, 0) is 0 Å². The van der Waals surface area contributed by atoms with Crippen LogP contribution in [0.5, 0.6) is 0 Å². The monoisotopic (exact) mass is 228 g/mol. The number of hydrogen-bond donors (Lipinski definition) is 1. The molecule has 0 amide bonds. The average Bonchev–Trinajstić information content (AvgIpc) is 2.69. The Morgan fingerprint density at radius 3 is 2.93 bits per heavy atom. The molecular formula is C12H21ClN2. The molecule has 2 saturated heterocycles. The molecule has 86 valence electrons. The van der Waals surface area contributed by atoms with Crippen LogP contribution in [-0.4, -0.2) is 37.1 Å². The maximum atomic E-state index is 5.87. The normalized spacial score (nSPS) is 33.1. The Bertz CT molecular complexity index is 224. The van der Waals surface area contributed by atoms with E-state index in [0.717, 1.165) is 23.5 Å². The summed E-state index contributed by atoms with van der Waals surface area (Å²) in [6, 6.07) is 0.761. The van der Waals surface area contributed by atoms with Crippen LogP contribution in [0.1, 0.15) is 25.7 Å². The Kier molecular flexibility index (Phi) is 4.06. The third kappa shape index (κ3) is 3.20. The van der Waals surface area contributed by atoms with Gasteiger partial charge in [0.05, 0.1) is 0 Å². The maximum absolute atomic E-state index is 5.87. The smallest absolute Gasteiger partial charge is 0.0335 e. The number of piperidine rings is 1. The van der Waals surface area contributed by atoms with Crippen molar-refractivity contribution in [2.75, 3.05) is 26.2 Å². The van der Waals surface area contributed by atoms with Crippen molar-refractivity contribution in [2.45, 2.75) is 31.7 Å². The highest BCUT2D eigenvalue weighted by Crippen LogP contribution is 2.25. The Morgan fingerprint density at radius 1 is 1.40 bits per heavy atom. The fourth-order valence-electron chi connectivity index (χ4n) is 2.92. The molecule has 2 fully saturated rings. The highest BCUT2D eigenvalue weighted by atomic mass is 35.5. The Labute approximate surface area is 97.7 Å². The molecule has 2 atom stereocenters. The number of nitrogens with one attached hydrogen (secondary N) is 1. The summed E-state index contributed by atoms with van der Waals surface area (Å²) in [5.41, 5.74) is 0. The minimum Gasteiger partial charge on any atom is -0.314 e. The zero-order chi connectivity index (χ0) is 10.7. The van der Waals surface area contributed by atoms with E-state index in [4.69, 9.17) is 11.6 Å². The quantitative estimate of drug-likeness (QED) is 0.797. The van der Waals surface area contributed by atoms with Crippen molar-refractivity contribution in [2.24, 2.45) is 5.92 Å². The number of rotatable bonds is 3. The highest BCUT2D eigenvalue weighted by Gasteiger charge is 2.28. The van der Waals surface area contributed by atoms with Crippen LogP contribution in [0.3, 0.4) is 0 Å². The van der Waals surface area contributed by atoms with Gasteiger partial charge in [0.25, 0.3) is 0 Å². The van der Waals surface area contributed by atoms with E-state index in [-0.39, 0.29) is 0 Å². The lowest BCUT2D eigenvalue weighted by Crippen LogP contribution is -2.43. The summed E-state index contributed by atoms with van der Waals surface area (Å²) in [7, 11) is 0. The van der Waals surface area contributed by atoms with E-state index in [2.05, 4.69) is 16.8 Å². The molecule has 1 N–H and O–H groups in total. The summed E-state index contributed by atoms with van der Waals surface area (Å²) >= 11 is 5.87. The maximum Gasteiger partial charge on any atom is 0.0335 e. The van der Waals surface area contributed by atoms with Crippen LogP contribution >= 0.6 is 11.6 Å². The molecule has 0 bridgehead atoms. The Balaban J connectivity index is 1.83.